The predicted octanol–water partition coefficient (Wildman–Crippen LogP) is 8.50. The van der Waals surface area contributed by atoms with Gasteiger partial charge < -0.3 is 19.0 Å². The van der Waals surface area contributed by atoms with Crippen LogP contribution in [-0.4, -0.2) is 69.1 Å². The van der Waals surface area contributed by atoms with Crippen LogP contribution in [0.25, 0.3) is 33.5 Å². The molecule has 60 heavy (non-hydrogen) atoms. The molecule has 2 amide bonds. The van der Waals surface area contributed by atoms with Crippen molar-refractivity contribution in [3.8, 4) is 28.3 Å². The standard InChI is InChI=1S/C44H43N9O5S2/c1-4-6-11-38-47-39(40(43(55)57-5-2)53(38)24-28-12-16-29(17-13-28)32-9-7-8-10-33(32)41-49-51-52-50-41)26(3)59-31-20-21-34-35(23-31)46-37(45-34)25-58-30-18-14-27(15-19-30)22-36-42(54)48-44(56)60-36/h7-10,12-21,23,26,36H,4-6,11,22,24-25H2,1-3H3,(H,45,46)(H,48,54,56)(H,49,50,51,52). The van der Waals surface area contributed by atoms with Crippen molar-refractivity contribution in [3.05, 3.63) is 125 Å². The van der Waals surface area contributed by atoms with E-state index in [-0.39, 0.29) is 35.6 Å². The van der Waals surface area contributed by atoms with E-state index in [0.717, 1.165) is 80.6 Å². The maximum Gasteiger partial charge on any atom is 0.356 e. The van der Waals surface area contributed by atoms with Crippen LogP contribution in [0.2, 0.25) is 0 Å². The number of imide groups is 1. The van der Waals surface area contributed by atoms with Crippen molar-refractivity contribution >= 4 is 51.7 Å². The quantitative estimate of drug-likeness (QED) is 0.0588. The first-order chi connectivity index (χ1) is 29.3. The molecule has 3 N–H and O–H groups in total. The molecule has 0 spiro atoms. The summed E-state index contributed by atoms with van der Waals surface area (Å²) in [4.78, 5) is 51.5. The Bertz CT molecular complexity index is 2630. The van der Waals surface area contributed by atoms with Crippen LogP contribution in [0.5, 0.6) is 5.75 Å². The molecule has 4 heterocycles. The van der Waals surface area contributed by atoms with E-state index < -0.39 is 5.25 Å². The van der Waals surface area contributed by atoms with Gasteiger partial charge in [0.15, 0.2) is 11.5 Å². The summed E-state index contributed by atoms with van der Waals surface area (Å²) in [5.41, 5.74) is 7.74. The number of nitrogens with zero attached hydrogens (tertiary/aromatic N) is 6. The molecule has 0 bridgehead atoms. The molecule has 1 aliphatic heterocycles. The molecule has 1 saturated heterocycles. The van der Waals surface area contributed by atoms with Gasteiger partial charge in [0.2, 0.25) is 5.91 Å². The van der Waals surface area contributed by atoms with E-state index in [9.17, 15) is 14.4 Å². The summed E-state index contributed by atoms with van der Waals surface area (Å²) in [6.07, 6.45) is 3.12. The summed E-state index contributed by atoms with van der Waals surface area (Å²) in [6.45, 7) is 6.99. The number of unbranched alkanes of at least 4 members (excludes halogenated alkanes) is 1. The number of aryl methyl sites for hydroxylation is 1. The highest BCUT2D eigenvalue weighted by Crippen LogP contribution is 2.38. The average Bonchev–Trinajstić information content (AvgIpc) is 4.07. The van der Waals surface area contributed by atoms with Crippen LogP contribution in [0.15, 0.2) is 95.9 Å². The van der Waals surface area contributed by atoms with Crippen molar-refractivity contribution in [2.24, 2.45) is 0 Å². The molecular formula is C44H43N9O5S2. The Labute approximate surface area is 354 Å². The van der Waals surface area contributed by atoms with E-state index in [0.29, 0.717) is 41.8 Å². The Balaban J connectivity index is 0.984. The summed E-state index contributed by atoms with van der Waals surface area (Å²) < 4.78 is 13.7. The Morgan fingerprint density at radius 1 is 0.950 bits per heavy atom. The minimum Gasteiger partial charge on any atom is -0.486 e. The third kappa shape index (κ3) is 9.14. The largest absolute Gasteiger partial charge is 0.486 e. The average molecular weight is 842 g/mol. The number of aromatic amines is 2. The van der Waals surface area contributed by atoms with Crippen molar-refractivity contribution in [1.29, 1.82) is 0 Å². The number of esters is 1. The van der Waals surface area contributed by atoms with E-state index in [1.54, 1.807) is 11.8 Å². The van der Waals surface area contributed by atoms with E-state index in [1.807, 2.05) is 72.2 Å². The number of H-pyrrole nitrogens is 2. The molecule has 0 aliphatic carbocycles. The molecule has 0 saturated carbocycles. The molecule has 2 atom stereocenters. The summed E-state index contributed by atoms with van der Waals surface area (Å²) in [5.74, 6) is 2.15. The van der Waals surface area contributed by atoms with Gasteiger partial charge >= 0.3 is 5.97 Å². The summed E-state index contributed by atoms with van der Waals surface area (Å²) in [7, 11) is 0. The first-order valence-corrected chi connectivity index (χ1v) is 21.6. The van der Waals surface area contributed by atoms with E-state index in [2.05, 4.69) is 75.1 Å². The molecule has 16 heteroatoms. The number of fused-ring (bicyclic) bond motifs is 1. The third-order valence-corrected chi connectivity index (χ3v) is 12.2. The van der Waals surface area contributed by atoms with Gasteiger partial charge in [-0.1, -0.05) is 85.8 Å². The van der Waals surface area contributed by atoms with Crippen molar-refractivity contribution in [2.75, 3.05) is 6.61 Å². The van der Waals surface area contributed by atoms with Crippen LogP contribution >= 0.6 is 23.5 Å². The highest BCUT2D eigenvalue weighted by molar-refractivity contribution is 8.15. The Morgan fingerprint density at radius 3 is 2.45 bits per heavy atom. The van der Waals surface area contributed by atoms with Crippen LogP contribution in [0.3, 0.4) is 0 Å². The number of benzene rings is 4. The van der Waals surface area contributed by atoms with Gasteiger partial charge in [0.1, 0.15) is 24.0 Å². The van der Waals surface area contributed by atoms with Gasteiger partial charge in [-0.05, 0) is 89.7 Å². The fourth-order valence-corrected chi connectivity index (χ4v) is 9.04. The van der Waals surface area contributed by atoms with E-state index in [1.165, 1.54) is 0 Å². The van der Waals surface area contributed by atoms with Gasteiger partial charge in [-0.2, -0.15) is 0 Å². The lowest BCUT2D eigenvalue weighted by Crippen LogP contribution is -2.25. The van der Waals surface area contributed by atoms with Gasteiger partial charge in [0, 0.05) is 23.4 Å². The molecule has 4 aromatic carbocycles. The van der Waals surface area contributed by atoms with Crippen molar-refractivity contribution in [2.45, 2.75) is 75.0 Å². The lowest BCUT2D eigenvalue weighted by molar-refractivity contribution is -0.118. The zero-order valence-electron chi connectivity index (χ0n) is 33.3. The molecule has 1 fully saturated rings. The van der Waals surface area contributed by atoms with E-state index >= 15 is 0 Å². The highest BCUT2D eigenvalue weighted by atomic mass is 32.2. The van der Waals surface area contributed by atoms with Crippen molar-refractivity contribution in [3.63, 3.8) is 0 Å². The highest BCUT2D eigenvalue weighted by Gasteiger charge is 2.31. The number of carbonyl (C=O) groups excluding carboxylic acids is 3. The normalized spacial score (nSPS) is 14.4. The number of tetrazole rings is 1. The molecule has 1 aliphatic rings. The van der Waals surface area contributed by atoms with Crippen molar-refractivity contribution < 1.29 is 23.9 Å². The van der Waals surface area contributed by atoms with Crippen LogP contribution in [0, 0.1) is 0 Å². The lowest BCUT2D eigenvalue weighted by atomic mass is 9.98. The second kappa shape index (κ2) is 18.3. The monoisotopic (exact) mass is 841 g/mol. The van der Waals surface area contributed by atoms with Crippen LogP contribution in [0.1, 0.15) is 77.8 Å². The second-order valence-corrected chi connectivity index (χ2v) is 16.9. The van der Waals surface area contributed by atoms with Gasteiger partial charge in [-0.15, -0.1) is 16.9 Å². The maximum absolute atomic E-state index is 13.8. The zero-order chi connectivity index (χ0) is 41.6. The van der Waals surface area contributed by atoms with Gasteiger partial charge in [-0.3, -0.25) is 14.9 Å². The van der Waals surface area contributed by atoms with Crippen LogP contribution in [-0.2, 0) is 35.5 Å². The number of hydrogen-bond acceptors (Lipinski definition) is 12. The van der Waals surface area contributed by atoms with Gasteiger partial charge in [-0.25, -0.2) is 19.9 Å². The van der Waals surface area contributed by atoms with Crippen molar-refractivity contribution in [1.82, 2.24) is 45.5 Å². The Hall–Kier alpha value is -6.26. The number of nitrogens with one attached hydrogen (secondary N) is 3. The summed E-state index contributed by atoms with van der Waals surface area (Å²) >= 11 is 2.64. The van der Waals surface area contributed by atoms with Gasteiger partial charge in [0.05, 0.1) is 33.8 Å². The first kappa shape index (κ1) is 40.5. The zero-order valence-corrected chi connectivity index (χ0v) is 34.9. The predicted molar refractivity (Wildman–Crippen MR) is 231 cm³/mol. The molecule has 0 radical (unpaired) electrons. The Morgan fingerprint density at radius 2 is 1.73 bits per heavy atom. The number of amides is 2. The maximum atomic E-state index is 13.8. The lowest BCUT2D eigenvalue weighted by Gasteiger charge is -2.15. The number of imidazole rings is 2. The molecular weight excluding hydrogens is 799 g/mol. The molecule has 2 unspecified atom stereocenters. The molecule has 7 aromatic rings. The number of thioether (sulfide) groups is 2. The molecule has 8 rings (SSSR count). The SMILES string of the molecule is CCCCc1nc(C(C)Sc2ccc3nc(COc4ccc(CC5SC(=O)NC5=O)cc4)[nH]c3c2)c(C(=O)OCC)n1Cc1ccc(-c2ccccc2-c2nnn[nH]2)cc1. The van der Waals surface area contributed by atoms with Crippen LogP contribution in [0.4, 0.5) is 4.79 Å². The number of aromatic nitrogens is 8. The summed E-state index contributed by atoms with van der Waals surface area (Å²) in [5, 5.41) is 15.9. The Kier molecular flexibility index (Phi) is 12.4. The molecule has 306 valence electrons. The van der Waals surface area contributed by atoms with Crippen LogP contribution < -0.4 is 10.1 Å². The number of rotatable bonds is 17. The smallest absolute Gasteiger partial charge is 0.356 e. The minimum absolute atomic E-state index is 0.177. The number of hydrogen-bond donors (Lipinski definition) is 3. The number of ether oxygens (including phenoxy) is 2. The first-order valence-electron chi connectivity index (χ1n) is 19.8. The minimum atomic E-state index is -0.415. The summed E-state index contributed by atoms with van der Waals surface area (Å²) in [6, 6.07) is 29.9. The van der Waals surface area contributed by atoms with Gasteiger partial charge in [0.25, 0.3) is 5.24 Å². The van der Waals surface area contributed by atoms with E-state index in [4.69, 9.17) is 19.4 Å². The molecule has 3 aromatic heterocycles. The topological polar surface area (TPSA) is 183 Å². The second-order valence-electron chi connectivity index (χ2n) is 14.3. The fraction of sp³-hybridized carbons (Fsp3) is 0.273. The molecule has 14 nitrogen and oxygen atoms in total. The number of carbonyl (C=O) groups is 3. The fourth-order valence-electron chi connectivity index (χ4n) is 7.16. The third-order valence-electron chi connectivity index (χ3n) is 10.1.